The van der Waals surface area contributed by atoms with Gasteiger partial charge in [-0.1, -0.05) is 71.6 Å². The highest BCUT2D eigenvalue weighted by atomic mass is 16.5. The summed E-state index contributed by atoms with van der Waals surface area (Å²) >= 11 is 0. The van der Waals surface area contributed by atoms with E-state index >= 15 is 0 Å². The molecule has 0 heterocycles. The van der Waals surface area contributed by atoms with Gasteiger partial charge in [0.05, 0.1) is 0 Å². The Kier molecular flexibility index (Phi) is 16.0. The van der Waals surface area contributed by atoms with Crippen LogP contribution in [0.3, 0.4) is 0 Å². The summed E-state index contributed by atoms with van der Waals surface area (Å²) in [6.07, 6.45) is 15.7. The molecule has 19 heavy (non-hydrogen) atoms. The van der Waals surface area contributed by atoms with E-state index in [2.05, 4.69) is 13.8 Å². The number of ether oxygens (including phenoxy) is 1. The molecule has 0 aliphatic heterocycles. The van der Waals surface area contributed by atoms with Crippen LogP contribution in [0, 0.1) is 12.8 Å². The molecule has 1 heteroatoms. The molecule has 0 saturated carbocycles. The molecule has 0 bridgehead atoms. The predicted molar refractivity (Wildman–Crippen MR) is 85.4 cm³/mol. The quantitative estimate of drug-likeness (QED) is 0.328. The molecule has 0 N–H and O–H groups in total. The predicted octanol–water partition coefficient (Wildman–Crippen LogP) is 6.05. The van der Waals surface area contributed by atoms with Crippen molar-refractivity contribution in [2.75, 3.05) is 13.2 Å². The van der Waals surface area contributed by atoms with E-state index in [1.807, 2.05) is 0 Å². The van der Waals surface area contributed by atoms with Gasteiger partial charge in [0.15, 0.2) is 0 Å². The van der Waals surface area contributed by atoms with Crippen molar-refractivity contribution < 1.29 is 4.74 Å². The highest BCUT2D eigenvalue weighted by molar-refractivity contribution is 4.53. The third kappa shape index (κ3) is 15.9. The molecule has 1 atom stereocenters. The minimum atomic E-state index is 0.619. The van der Waals surface area contributed by atoms with Gasteiger partial charge in [0.1, 0.15) is 0 Å². The lowest BCUT2D eigenvalue weighted by molar-refractivity contribution is 0.0988. The van der Waals surface area contributed by atoms with Gasteiger partial charge in [-0.3, -0.25) is 0 Å². The summed E-state index contributed by atoms with van der Waals surface area (Å²) in [7, 11) is 0. The van der Waals surface area contributed by atoms with Gasteiger partial charge in [-0.2, -0.15) is 0 Å². The molecule has 0 rings (SSSR count). The average molecular weight is 268 g/mol. The first-order valence-electron chi connectivity index (χ1n) is 8.59. The van der Waals surface area contributed by atoms with Gasteiger partial charge >= 0.3 is 0 Å². The normalized spacial score (nSPS) is 12.8. The molecule has 0 aromatic heterocycles. The Labute approximate surface area is 122 Å². The molecule has 0 aromatic carbocycles. The van der Waals surface area contributed by atoms with Crippen LogP contribution in [0.1, 0.15) is 90.9 Å². The Hall–Kier alpha value is -0.0400. The molecular formula is C18H36O. The van der Waals surface area contributed by atoms with Crippen LogP contribution in [0.5, 0.6) is 0 Å². The van der Waals surface area contributed by atoms with Gasteiger partial charge in [0, 0.05) is 13.2 Å². The minimum absolute atomic E-state index is 0.619. The Morgan fingerprint density at radius 3 is 1.89 bits per heavy atom. The van der Waals surface area contributed by atoms with E-state index in [-0.39, 0.29) is 0 Å². The Morgan fingerprint density at radius 1 is 0.842 bits per heavy atom. The molecule has 0 aromatic rings. The summed E-state index contributed by atoms with van der Waals surface area (Å²) in [5.74, 6) is 0.619. The lowest BCUT2D eigenvalue weighted by Gasteiger charge is -2.10. The molecule has 0 aliphatic rings. The van der Waals surface area contributed by atoms with E-state index in [1.165, 1.54) is 64.2 Å². The molecule has 114 valence electrons. The van der Waals surface area contributed by atoms with Crippen LogP contribution >= 0.6 is 0 Å². The largest absolute Gasteiger partial charge is 0.381 e. The Bertz CT molecular complexity index is 156. The first-order valence-corrected chi connectivity index (χ1v) is 8.59. The van der Waals surface area contributed by atoms with Crippen LogP contribution in [0.4, 0.5) is 0 Å². The van der Waals surface area contributed by atoms with E-state index in [1.54, 1.807) is 0 Å². The van der Waals surface area contributed by atoms with Gasteiger partial charge < -0.3 is 4.74 Å². The van der Waals surface area contributed by atoms with Gasteiger partial charge in [-0.25, -0.2) is 0 Å². The second kappa shape index (κ2) is 16.0. The standard InChI is InChI=1S/C18H36O/c1-4-6-7-8-9-10-11-12-13-14-16-19-17-18(3)15-5-2/h2,18H,4-17H2,1,3H3. The zero-order valence-electron chi connectivity index (χ0n) is 13.5. The van der Waals surface area contributed by atoms with E-state index in [4.69, 9.17) is 11.7 Å². The fourth-order valence-corrected chi connectivity index (χ4v) is 2.34. The molecule has 0 fully saturated rings. The number of hydrogen-bond donors (Lipinski definition) is 0. The third-order valence-electron chi connectivity index (χ3n) is 3.70. The zero-order chi connectivity index (χ0) is 14.2. The number of unbranched alkanes of at least 4 members (excludes halogenated alkanes) is 9. The summed E-state index contributed by atoms with van der Waals surface area (Å²) in [5, 5.41) is 0. The second-order valence-corrected chi connectivity index (χ2v) is 5.94. The third-order valence-corrected chi connectivity index (χ3v) is 3.70. The van der Waals surface area contributed by atoms with Gasteiger partial charge in [0.2, 0.25) is 0 Å². The minimum Gasteiger partial charge on any atom is -0.381 e. The van der Waals surface area contributed by atoms with Crippen molar-refractivity contribution in [1.82, 2.24) is 0 Å². The second-order valence-electron chi connectivity index (χ2n) is 5.94. The van der Waals surface area contributed by atoms with Crippen LogP contribution in [0.25, 0.3) is 0 Å². The van der Waals surface area contributed by atoms with Crippen molar-refractivity contribution in [3.63, 3.8) is 0 Å². The Balaban J connectivity index is 2.99. The summed E-state index contributed by atoms with van der Waals surface area (Å²) in [4.78, 5) is 0. The molecule has 0 aliphatic carbocycles. The highest BCUT2D eigenvalue weighted by Crippen LogP contribution is 2.11. The van der Waals surface area contributed by atoms with Gasteiger partial charge in [0.25, 0.3) is 0 Å². The van der Waals surface area contributed by atoms with Crippen LogP contribution < -0.4 is 0 Å². The van der Waals surface area contributed by atoms with Crippen LogP contribution in [-0.4, -0.2) is 13.2 Å². The molecule has 0 saturated heterocycles. The highest BCUT2D eigenvalue weighted by Gasteiger charge is 2.00. The first-order chi connectivity index (χ1) is 9.31. The van der Waals surface area contributed by atoms with E-state index < -0.39 is 0 Å². The van der Waals surface area contributed by atoms with Crippen molar-refractivity contribution in [3.8, 4) is 0 Å². The van der Waals surface area contributed by atoms with Crippen molar-refractivity contribution in [3.05, 3.63) is 6.92 Å². The summed E-state index contributed by atoms with van der Waals surface area (Å²) < 4.78 is 5.66. The smallest absolute Gasteiger partial charge is 0.0491 e. The van der Waals surface area contributed by atoms with E-state index in [9.17, 15) is 0 Å². The van der Waals surface area contributed by atoms with Gasteiger partial charge in [-0.05, 0) is 32.1 Å². The maximum absolute atomic E-state index is 5.66. The Morgan fingerprint density at radius 2 is 1.37 bits per heavy atom. The molecule has 0 spiro atoms. The maximum Gasteiger partial charge on any atom is 0.0491 e. The maximum atomic E-state index is 5.66. The van der Waals surface area contributed by atoms with Crippen LogP contribution in [0.2, 0.25) is 0 Å². The monoisotopic (exact) mass is 268 g/mol. The fraction of sp³-hybridized carbons (Fsp3) is 0.944. The number of rotatable bonds is 15. The molecule has 1 unspecified atom stereocenters. The van der Waals surface area contributed by atoms with E-state index in [0.29, 0.717) is 5.92 Å². The van der Waals surface area contributed by atoms with Crippen molar-refractivity contribution >= 4 is 0 Å². The van der Waals surface area contributed by atoms with E-state index in [0.717, 1.165) is 26.1 Å². The number of hydrogen-bond acceptors (Lipinski definition) is 1. The summed E-state index contributed by atoms with van der Waals surface area (Å²) in [6, 6.07) is 0. The zero-order valence-corrected chi connectivity index (χ0v) is 13.5. The fourth-order valence-electron chi connectivity index (χ4n) is 2.34. The molecule has 0 amide bonds. The summed E-state index contributed by atoms with van der Waals surface area (Å²) in [6.45, 7) is 11.8. The average Bonchev–Trinajstić information content (AvgIpc) is 2.40. The van der Waals surface area contributed by atoms with Crippen molar-refractivity contribution in [2.45, 2.75) is 90.9 Å². The molecule has 2 radical (unpaired) electrons. The van der Waals surface area contributed by atoms with Crippen LogP contribution in [0.15, 0.2) is 0 Å². The first kappa shape index (κ1) is 19.0. The summed E-state index contributed by atoms with van der Waals surface area (Å²) in [5.41, 5.74) is 0. The van der Waals surface area contributed by atoms with Crippen molar-refractivity contribution in [2.24, 2.45) is 5.92 Å². The lowest BCUT2D eigenvalue weighted by atomic mass is 10.1. The molecule has 1 nitrogen and oxygen atoms in total. The molecular weight excluding hydrogens is 232 g/mol. The topological polar surface area (TPSA) is 9.23 Å². The SMILES string of the molecule is [CH]CCC(C)COCCCCCCCCCCCC. The van der Waals surface area contributed by atoms with Gasteiger partial charge in [-0.15, -0.1) is 0 Å². The van der Waals surface area contributed by atoms with Crippen LogP contribution in [-0.2, 0) is 4.74 Å². The van der Waals surface area contributed by atoms with Crippen molar-refractivity contribution in [1.29, 1.82) is 0 Å². The lowest BCUT2D eigenvalue weighted by Crippen LogP contribution is -2.06.